The lowest BCUT2D eigenvalue weighted by atomic mass is 10.0. The zero-order valence-electron chi connectivity index (χ0n) is 10.5. The van der Waals surface area contributed by atoms with Crippen LogP contribution in [0.15, 0.2) is 47.4 Å². The van der Waals surface area contributed by atoms with Crippen molar-refractivity contribution in [3.8, 4) is 5.75 Å². The van der Waals surface area contributed by atoms with Gasteiger partial charge in [0.15, 0.2) is 0 Å². The Morgan fingerprint density at radius 1 is 1.11 bits per heavy atom. The van der Waals surface area contributed by atoms with Crippen LogP contribution in [0.2, 0.25) is 0 Å². The first-order valence-corrected chi connectivity index (χ1v) is 6.72. The van der Waals surface area contributed by atoms with E-state index >= 15 is 0 Å². The predicted octanol–water partition coefficient (Wildman–Crippen LogP) is 3.74. The van der Waals surface area contributed by atoms with Crippen LogP contribution < -0.4 is 9.04 Å². The molecule has 1 heterocycles. The molecule has 0 aromatic heterocycles. The molecule has 3 heteroatoms. The molecule has 0 saturated heterocycles. The summed E-state index contributed by atoms with van der Waals surface area (Å²) in [6.45, 7) is 0. The lowest BCUT2D eigenvalue weighted by molar-refractivity contribution is 0.413. The molecule has 3 rings (SSSR count). The molecule has 2 nitrogen and oxygen atoms in total. The summed E-state index contributed by atoms with van der Waals surface area (Å²) in [6, 6.07) is 14.9. The summed E-state index contributed by atoms with van der Waals surface area (Å²) in [5.41, 5.74) is 4.02. The maximum atomic E-state index is 5.30. The van der Waals surface area contributed by atoms with Crippen molar-refractivity contribution in [2.75, 3.05) is 18.5 Å². The average Bonchev–Trinajstić information content (AvgIpc) is 2.54. The summed E-state index contributed by atoms with van der Waals surface area (Å²) in [5.74, 6) is 0.917. The second-order valence-corrected chi connectivity index (χ2v) is 5.54. The quantitative estimate of drug-likeness (QED) is 0.722. The Hall–Kier alpha value is -1.61. The number of rotatable bonds is 1. The van der Waals surface area contributed by atoms with Crippen molar-refractivity contribution in [2.24, 2.45) is 0 Å². The predicted molar refractivity (Wildman–Crippen MR) is 76.5 cm³/mol. The third-order valence-corrected chi connectivity index (χ3v) is 4.27. The van der Waals surface area contributed by atoms with Crippen molar-refractivity contribution in [3.05, 3.63) is 53.6 Å². The molecule has 2 aromatic rings. The number of benzene rings is 2. The highest BCUT2D eigenvalue weighted by molar-refractivity contribution is 8.00. The van der Waals surface area contributed by atoms with Gasteiger partial charge in [-0.15, -0.1) is 0 Å². The van der Waals surface area contributed by atoms with E-state index in [0.29, 0.717) is 0 Å². The summed E-state index contributed by atoms with van der Waals surface area (Å²) in [6.07, 6.45) is 0.979. The maximum Gasteiger partial charge on any atom is 0.120 e. The topological polar surface area (TPSA) is 12.5 Å². The molecule has 0 aliphatic carbocycles. The molecular weight excluding hydrogens is 242 g/mol. The minimum Gasteiger partial charge on any atom is -0.497 e. The van der Waals surface area contributed by atoms with Crippen LogP contribution in [-0.2, 0) is 6.42 Å². The molecule has 1 aliphatic rings. The Kier molecular flexibility index (Phi) is 2.92. The van der Waals surface area contributed by atoms with Crippen LogP contribution in [0.1, 0.15) is 11.1 Å². The summed E-state index contributed by atoms with van der Waals surface area (Å²) in [4.78, 5) is 1.27. The molecule has 0 unspecified atom stereocenters. The van der Waals surface area contributed by atoms with Crippen molar-refractivity contribution in [3.63, 3.8) is 0 Å². The Morgan fingerprint density at radius 3 is 2.78 bits per heavy atom. The second kappa shape index (κ2) is 4.58. The summed E-state index contributed by atoms with van der Waals surface area (Å²) in [5, 5.41) is 0. The van der Waals surface area contributed by atoms with Crippen molar-refractivity contribution < 1.29 is 4.74 Å². The highest BCUT2D eigenvalue weighted by Gasteiger charge is 2.17. The van der Waals surface area contributed by atoms with Gasteiger partial charge in [0.1, 0.15) is 5.75 Å². The van der Waals surface area contributed by atoms with Crippen molar-refractivity contribution in [2.45, 2.75) is 11.3 Å². The van der Waals surface area contributed by atoms with Crippen LogP contribution in [-0.4, -0.2) is 14.2 Å². The van der Waals surface area contributed by atoms with Crippen LogP contribution in [0, 0.1) is 0 Å². The van der Waals surface area contributed by atoms with Crippen LogP contribution in [0.5, 0.6) is 5.75 Å². The van der Waals surface area contributed by atoms with Gasteiger partial charge in [0, 0.05) is 18.4 Å². The number of para-hydroxylation sites is 1. The highest BCUT2D eigenvalue weighted by atomic mass is 32.2. The second-order valence-electron chi connectivity index (χ2n) is 4.37. The lowest BCUT2D eigenvalue weighted by Crippen LogP contribution is -2.06. The van der Waals surface area contributed by atoms with Gasteiger partial charge >= 0.3 is 0 Å². The molecule has 0 bridgehead atoms. The van der Waals surface area contributed by atoms with Gasteiger partial charge in [-0.1, -0.05) is 24.3 Å². The average molecular weight is 257 g/mol. The van der Waals surface area contributed by atoms with E-state index in [1.54, 1.807) is 19.1 Å². The van der Waals surface area contributed by atoms with Gasteiger partial charge in [0.2, 0.25) is 0 Å². The summed E-state index contributed by atoms with van der Waals surface area (Å²) < 4.78 is 7.52. The van der Waals surface area contributed by atoms with E-state index < -0.39 is 0 Å². The Bertz CT molecular complexity index is 582. The third-order valence-electron chi connectivity index (χ3n) is 3.22. The fourth-order valence-electron chi connectivity index (χ4n) is 2.26. The fraction of sp³-hybridized carbons (Fsp3) is 0.200. The maximum absolute atomic E-state index is 5.30. The minimum atomic E-state index is 0.917. The fourth-order valence-corrected chi connectivity index (χ4v) is 3.26. The summed E-state index contributed by atoms with van der Waals surface area (Å²) in [7, 11) is 3.82. The van der Waals surface area contributed by atoms with Gasteiger partial charge in [-0.3, -0.25) is 0 Å². The molecule has 0 saturated carbocycles. The number of anilines is 1. The largest absolute Gasteiger partial charge is 0.497 e. The SMILES string of the molecule is COc1ccc2c(c1)SN(C)c1ccccc1C2. The van der Waals surface area contributed by atoms with E-state index in [1.807, 2.05) is 6.07 Å². The van der Waals surface area contributed by atoms with Crippen molar-refractivity contribution >= 4 is 17.6 Å². The van der Waals surface area contributed by atoms with Gasteiger partial charge in [-0.05, 0) is 41.3 Å². The van der Waals surface area contributed by atoms with Gasteiger partial charge < -0.3 is 9.04 Å². The van der Waals surface area contributed by atoms with E-state index in [4.69, 9.17) is 4.74 Å². The first kappa shape index (κ1) is 11.5. The van der Waals surface area contributed by atoms with Gasteiger partial charge in [-0.2, -0.15) is 0 Å². The molecule has 1 aliphatic heterocycles. The van der Waals surface area contributed by atoms with Crippen molar-refractivity contribution in [1.29, 1.82) is 0 Å². The molecule has 0 fully saturated rings. The van der Waals surface area contributed by atoms with E-state index in [2.05, 4.69) is 47.8 Å². The molecule has 0 atom stereocenters. The minimum absolute atomic E-state index is 0.917. The number of methoxy groups -OCH3 is 1. The molecule has 0 spiro atoms. The number of hydrogen-bond donors (Lipinski definition) is 0. The van der Waals surface area contributed by atoms with Crippen LogP contribution in [0.4, 0.5) is 5.69 Å². The Balaban J connectivity index is 2.09. The first-order valence-electron chi connectivity index (χ1n) is 5.94. The normalized spacial score (nSPS) is 13.6. The molecular formula is C15H15NOS. The lowest BCUT2D eigenvalue weighted by Gasteiger charge is -2.17. The molecule has 2 aromatic carbocycles. The van der Waals surface area contributed by atoms with Gasteiger partial charge in [0.25, 0.3) is 0 Å². The van der Waals surface area contributed by atoms with Crippen LogP contribution in [0.25, 0.3) is 0 Å². The van der Waals surface area contributed by atoms with E-state index in [-0.39, 0.29) is 0 Å². The van der Waals surface area contributed by atoms with Crippen LogP contribution >= 0.6 is 11.9 Å². The Labute approximate surface area is 112 Å². The highest BCUT2D eigenvalue weighted by Crippen LogP contribution is 2.38. The molecule has 0 amide bonds. The molecule has 18 heavy (non-hydrogen) atoms. The van der Waals surface area contributed by atoms with E-state index in [9.17, 15) is 0 Å². The first-order chi connectivity index (χ1) is 8.78. The van der Waals surface area contributed by atoms with Gasteiger partial charge in [0.05, 0.1) is 12.8 Å². The standard InChI is InChI=1S/C15H15NOS/c1-16-14-6-4-3-5-11(14)9-12-7-8-13(17-2)10-15(12)18-16/h3-8,10H,9H2,1-2H3. The van der Waals surface area contributed by atoms with Crippen molar-refractivity contribution in [1.82, 2.24) is 0 Å². The van der Waals surface area contributed by atoms with Crippen LogP contribution in [0.3, 0.4) is 0 Å². The van der Waals surface area contributed by atoms with E-state index in [1.165, 1.54) is 21.7 Å². The Morgan fingerprint density at radius 2 is 1.94 bits per heavy atom. The zero-order chi connectivity index (χ0) is 12.5. The number of ether oxygens (including phenoxy) is 1. The smallest absolute Gasteiger partial charge is 0.120 e. The number of fused-ring (bicyclic) bond motifs is 2. The monoisotopic (exact) mass is 257 g/mol. The van der Waals surface area contributed by atoms with Gasteiger partial charge in [-0.25, -0.2) is 0 Å². The molecule has 0 radical (unpaired) electrons. The number of hydrogen-bond acceptors (Lipinski definition) is 3. The third kappa shape index (κ3) is 1.95. The molecule has 0 N–H and O–H groups in total. The van der Waals surface area contributed by atoms with E-state index in [0.717, 1.165) is 12.2 Å². The molecule has 92 valence electrons. The number of nitrogens with zero attached hydrogens (tertiary/aromatic N) is 1. The zero-order valence-corrected chi connectivity index (χ0v) is 11.3. The summed E-state index contributed by atoms with van der Waals surface area (Å²) >= 11 is 1.76.